The van der Waals surface area contributed by atoms with Crippen LogP contribution >= 0.6 is 0 Å². The van der Waals surface area contributed by atoms with Crippen LogP contribution in [0.5, 0.6) is 0 Å². The molecular weight excluding hydrogens is 258 g/mol. The highest BCUT2D eigenvalue weighted by Crippen LogP contribution is 2.22. The quantitative estimate of drug-likeness (QED) is 0.726. The molecule has 0 aromatic carbocycles. The standard InChI is InChI=1S/C12H13N7O/c1-6-9(5-13-17-6)12-16-10(15-8(3)20)4-11-14-7(2)18-19(11)12/h4-5H,1-3H3,(H,13,17)(H,15,20). The maximum atomic E-state index is 11.2. The molecule has 20 heavy (non-hydrogen) atoms. The highest BCUT2D eigenvalue weighted by atomic mass is 16.1. The molecule has 0 aliphatic carbocycles. The van der Waals surface area contributed by atoms with Crippen LogP contribution in [0.15, 0.2) is 12.3 Å². The molecule has 3 rings (SSSR count). The molecule has 0 radical (unpaired) electrons. The summed E-state index contributed by atoms with van der Waals surface area (Å²) in [5, 5.41) is 13.8. The Morgan fingerprint density at radius 2 is 2.15 bits per heavy atom. The van der Waals surface area contributed by atoms with Crippen LogP contribution in [0.2, 0.25) is 0 Å². The highest BCUT2D eigenvalue weighted by molar-refractivity contribution is 5.88. The molecule has 0 fully saturated rings. The first kappa shape index (κ1) is 12.3. The van der Waals surface area contributed by atoms with Crippen molar-refractivity contribution in [1.29, 1.82) is 0 Å². The van der Waals surface area contributed by atoms with E-state index in [1.807, 2.05) is 6.92 Å². The van der Waals surface area contributed by atoms with Crippen molar-refractivity contribution in [1.82, 2.24) is 29.8 Å². The highest BCUT2D eigenvalue weighted by Gasteiger charge is 2.15. The molecule has 1 amide bonds. The first-order valence-corrected chi connectivity index (χ1v) is 6.07. The smallest absolute Gasteiger partial charge is 0.222 e. The Hall–Kier alpha value is -2.77. The van der Waals surface area contributed by atoms with Crippen LogP contribution in [0.4, 0.5) is 5.82 Å². The van der Waals surface area contributed by atoms with E-state index in [0.717, 1.165) is 11.3 Å². The van der Waals surface area contributed by atoms with Gasteiger partial charge >= 0.3 is 0 Å². The van der Waals surface area contributed by atoms with Crippen molar-refractivity contribution in [2.24, 2.45) is 0 Å². The lowest BCUT2D eigenvalue weighted by molar-refractivity contribution is -0.114. The number of H-pyrrole nitrogens is 1. The molecular formula is C12H13N7O. The zero-order valence-electron chi connectivity index (χ0n) is 11.3. The van der Waals surface area contributed by atoms with Gasteiger partial charge in [-0.15, -0.1) is 5.10 Å². The SMILES string of the molecule is CC(=O)Nc1cc2nc(C)nn2c(-c2cn[nH]c2C)n1. The molecule has 0 spiro atoms. The Morgan fingerprint density at radius 1 is 1.35 bits per heavy atom. The Labute approximate surface area is 114 Å². The lowest BCUT2D eigenvalue weighted by atomic mass is 10.2. The molecule has 8 nitrogen and oxygen atoms in total. The number of carbonyl (C=O) groups is 1. The van der Waals surface area contributed by atoms with Crippen molar-refractivity contribution in [3.05, 3.63) is 23.8 Å². The van der Waals surface area contributed by atoms with Crippen LogP contribution < -0.4 is 5.32 Å². The summed E-state index contributed by atoms with van der Waals surface area (Å²) in [5.41, 5.74) is 2.30. The van der Waals surface area contributed by atoms with Gasteiger partial charge in [0.05, 0.1) is 11.8 Å². The van der Waals surface area contributed by atoms with E-state index in [0.29, 0.717) is 23.1 Å². The third-order valence-electron chi connectivity index (χ3n) is 2.81. The second kappa shape index (κ2) is 4.41. The molecule has 0 saturated heterocycles. The van der Waals surface area contributed by atoms with Crippen LogP contribution in [-0.2, 0) is 4.79 Å². The zero-order valence-corrected chi connectivity index (χ0v) is 11.3. The lowest BCUT2D eigenvalue weighted by Gasteiger charge is -2.06. The summed E-state index contributed by atoms with van der Waals surface area (Å²) in [6, 6.07) is 1.68. The van der Waals surface area contributed by atoms with Crippen LogP contribution in [0, 0.1) is 13.8 Å². The van der Waals surface area contributed by atoms with Gasteiger partial charge in [0.1, 0.15) is 11.6 Å². The molecule has 0 aliphatic heterocycles. The van der Waals surface area contributed by atoms with E-state index in [-0.39, 0.29) is 5.91 Å². The lowest BCUT2D eigenvalue weighted by Crippen LogP contribution is -2.10. The van der Waals surface area contributed by atoms with Crippen molar-refractivity contribution in [2.75, 3.05) is 5.32 Å². The molecule has 0 aliphatic rings. The number of aryl methyl sites for hydroxylation is 2. The minimum absolute atomic E-state index is 0.187. The average molecular weight is 271 g/mol. The number of anilines is 1. The van der Waals surface area contributed by atoms with Crippen molar-refractivity contribution < 1.29 is 4.79 Å². The van der Waals surface area contributed by atoms with E-state index in [1.54, 1.807) is 23.7 Å². The fourth-order valence-corrected chi connectivity index (χ4v) is 1.99. The van der Waals surface area contributed by atoms with Crippen molar-refractivity contribution in [2.45, 2.75) is 20.8 Å². The average Bonchev–Trinajstić information content (AvgIpc) is 2.92. The van der Waals surface area contributed by atoms with E-state index in [9.17, 15) is 4.79 Å². The van der Waals surface area contributed by atoms with Gasteiger partial charge in [0, 0.05) is 18.7 Å². The molecule has 102 valence electrons. The first-order valence-electron chi connectivity index (χ1n) is 6.07. The van der Waals surface area contributed by atoms with Gasteiger partial charge in [0.2, 0.25) is 5.91 Å². The summed E-state index contributed by atoms with van der Waals surface area (Å²) >= 11 is 0. The number of amides is 1. The predicted octanol–water partition coefficient (Wildman–Crippen LogP) is 1.09. The Morgan fingerprint density at radius 3 is 2.80 bits per heavy atom. The molecule has 2 N–H and O–H groups in total. The van der Waals surface area contributed by atoms with Gasteiger partial charge in [-0.3, -0.25) is 9.89 Å². The number of nitrogens with zero attached hydrogens (tertiary/aromatic N) is 5. The summed E-state index contributed by atoms with van der Waals surface area (Å²) in [5.74, 6) is 1.47. The summed E-state index contributed by atoms with van der Waals surface area (Å²) < 4.78 is 1.64. The van der Waals surface area contributed by atoms with E-state index in [2.05, 4.69) is 30.6 Å². The van der Waals surface area contributed by atoms with Gasteiger partial charge in [-0.25, -0.2) is 9.97 Å². The molecule has 0 bridgehead atoms. The second-order valence-corrected chi connectivity index (χ2v) is 4.48. The van der Waals surface area contributed by atoms with Gasteiger partial charge in [0.15, 0.2) is 11.5 Å². The maximum absolute atomic E-state index is 11.2. The van der Waals surface area contributed by atoms with Crippen molar-refractivity contribution >= 4 is 17.4 Å². The van der Waals surface area contributed by atoms with Crippen molar-refractivity contribution in [3.63, 3.8) is 0 Å². The summed E-state index contributed by atoms with van der Waals surface area (Å²) in [7, 11) is 0. The molecule has 0 atom stereocenters. The topological polar surface area (TPSA) is 101 Å². The number of aromatic nitrogens is 6. The fraction of sp³-hybridized carbons (Fsp3) is 0.250. The number of hydrogen-bond acceptors (Lipinski definition) is 5. The summed E-state index contributed by atoms with van der Waals surface area (Å²) in [4.78, 5) is 19.9. The molecule has 0 unspecified atom stereocenters. The van der Waals surface area contributed by atoms with Crippen LogP contribution in [0.3, 0.4) is 0 Å². The number of rotatable bonds is 2. The zero-order chi connectivity index (χ0) is 14.3. The Bertz CT molecular complexity index is 801. The number of fused-ring (bicyclic) bond motifs is 1. The van der Waals surface area contributed by atoms with E-state index >= 15 is 0 Å². The minimum atomic E-state index is -0.187. The molecule has 3 aromatic rings. The Balaban J connectivity index is 2.27. The molecule has 3 aromatic heterocycles. The van der Waals surface area contributed by atoms with Gasteiger partial charge < -0.3 is 5.32 Å². The van der Waals surface area contributed by atoms with Gasteiger partial charge in [-0.05, 0) is 13.8 Å². The number of carbonyl (C=O) groups excluding carboxylic acids is 1. The third-order valence-corrected chi connectivity index (χ3v) is 2.81. The number of nitrogens with one attached hydrogen (secondary N) is 2. The predicted molar refractivity (Wildman–Crippen MR) is 72.1 cm³/mol. The molecule has 8 heteroatoms. The number of aromatic amines is 1. The minimum Gasteiger partial charge on any atom is -0.311 e. The molecule has 3 heterocycles. The van der Waals surface area contributed by atoms with E-state index in [4.69, 9.17) is 0 Å². The monoisotopic (exact) mass is 271 g/mol. The van der Waals surface area contributed by atoms with Crippen LogP contribution in [-0.4, -0.2) is 35.7 Å². The third kappa shape index (κ3) is 2.00. The van der Waals surface area contributed by atoms with Crippen molar-refractivity contribution in [3.8, 4) is 11.4 Å². The van der Waals surface area contributed by atoms with E-state index in [1.165, 1.54) is 6.92 Å². The summed E-state index contributed by atoms with van der Waals surface area (Å²) in [6.45, 7) is 5.13. The van der Waals surface area contributed by atoms with Crippen LogP contribution in [0.25, 0.3) is 17.0 Å². The fourth-order valence-electron chi connectivity index (χ4n) is 1.99. The first-order chi connectivity index (χ1) is 9.54. The second-order valence-electron chi connectivity index (χ2n) is 4.48. The number of hydrogen-bond donors (Lipinski definition) is 2. The largest absolute Gasteiger partial charge is 0.311 e. The normalized spacial score (nSPS) is 10.9. The summed E-state index contributed by atoms with van der Waals surface area (Å²) in [6.07, 6.45) is 1.67. The molecule has 0 saturated carbocycles. The van der Waals surface area contributed by atoms with Gasteiger partial charge in [-0.2, -0.15) is 9.61 Å². The maximum Gasteiger partial charge on any atom is 0.222 e. The van der Waals surface area contributed by atoms with Gasteiger partial charge in [-0.1, -0.05) is 0 Å². The van der Waals surface area contributed by atoms with E-state index < -0.39 is 0 Å². The van der Waals surface area contributed by atoms with Crippen LogP contribution in [0.1, 0.15) is 18.4 Å². The Kier molecular flexibility index (Phi) is 2.70. The van der Waals surface area contributed by atoms with Gasteiger partial charge in [0.25, 0.3) is 0 Å².